The number of hydrogen-bond acceptors (Lipinski definition) is 5. The number of carbonyl (C=O) groups excluding carboxylic acids is 1. The first-order valence-electron chi connectivity index (χ1n) is 10.4. The molecule has 0 aromatic carbocycles. The highest BCUT2D eigenvalue weighted by atomic mass is 16.5. The van der Waals surface area contributed by atoms with Gasteiger partial charge >= 0.3 is 6.03 Å². The Labute approximate surface area is 180 Å². The standard InChI is InChI=1S/C22H28N6O3/c1-2-3-11-31-12-5-9-25-22(30)26-14-17-7-10-24-20(13-17)28-21(29)19(16-27-28)18-6-4-8-23-15-18/h4,6-8,10,13,15-16,27H,2-3,5,9,11-12,14H2,1H3,(H2,25,26,30). The van der Waals surface area contributed by atoms with Gasteiger partial charge in [-0.3, -0.25) is 14.9 Å². The Morgan fingerprint density at radius 2 is 2.06 bits per heavy atom. The number of nitrogens with one attached hydrogen (secondary N) is 3. The van der Waals surface area contributed by atoms with Gasteiger partial charge in [0.1, 0.15) is 0 Å². The summed E-state index contributed by atoms with van der Waals surface area (Å²) < 4.78 is 6.83. The molecule has 0 fully saturated rings. The van der Waals surface area contributed by atoms with E-state index in [1.54, 1.807) is 43.0 Å². The van der Waals surface area contributed by atoms with E-state index >= 15 is 0 Å². The van der Waals surface area contributed by atoms with E-state index in [4.69, 9.17) is 4.74 Å². The Balaban J connectivity index is 1.51. The van der Waals surface area contributed by atoms with Crippen LogP contribution in [0.1, 0.15) is 31.7 Å². The van der Waals surface area contributed by atoms with Gasteiger partial charge in [0.15, 0.2) is 5.82 Å². The SMILES string of the molecule is CCCCOCCCNC(=O)NCc1ccnc(-n2[nH]cc(-c3cccnc3)c2=O)c1. The molecule has 3 rings (SSSR count). The van der Waals surface area contributed by atoms with Crippen molar-refractivity contribution in [1.82, 2.24) is 30.4 Å². The second-order valence-corrected chi connectivity index (χ2v) is 7.02. The second-order valence-electron chi connectivity index (χ2n) is 7.02. The minimum Gasteiger partial charge on any atom is -0.381 e. The summed E-state index contributed by atoms with van der Waals surface area (Å²) in [6, 6.07) is 6.91. The number of nitrogens with zero attached hydrogens (tertiary/aromatic N) is 3. The summed E-state index contributed by atoms with van der Waals surface area (Å²) in [6.45, 7) is 4.39. The van der Waals surface area contributed by atoms with Crippen LogP contribution in [0.3, 0.4) is 0 Å². The molecule has 0 aliphatic carbocycles. The van der Waals surface area contributed by atoms with Crippen molar-refractivity contribution in [3.63, 3.8) is 0 Å². The van der Waals surface area contributed by atoms with Crippen molar-refractivity contribution < 1.29 is 9.53 Å². The summed E-state index contributed by atoms with van der Waals surface area (Å²) in [5.74, 6) is 0.448. The third-order valence-electron chi connectivity index (χ3n) is 4.63. The summed E-state index contributed by atoms with van der Waals surface area (Å²) in [5, 5.41) is 8.55. The van der Waals surface area contributed by atoms with Gasteiger partial charge in [-0.1, -0.05) is 19.4 Å². The minimum absolute atomic E-state index is 0.218. The van der Waals surface area contributed by atoms with Crippen LogP contribution >= 0.6 is 0 Å². The van der Waals surface area contributed by atoms with E-state index < -0.39 is 0 Å². The van der Waals surface area contributed by atoms with E-state index in [-0.39, 0.29) is 11.6 Å². The molecule has 2 amide bonds. The number of urea groups is 1. The summed E-state index contributed by atoms with van der Waals surface area (Å²) >= 11 is 0. The fraction of sp³-hybridized carbons (Fsp3) is 0.364. The first-order valence-corrected chi connectivity index (χ1v) is 10.4. The lowest BCUT2D eigenvalue weighted by atomic mass is 10.2. The third kappa shape index (κ3) is 6.51. The van der Waals surface area contributed by atoms with Crippen molar-refractivity contribution in [2.75, 3.05) is 19.8 Å². The molecule has 0 aliphatic rings. The van der Waals surface area contributed by atoms with Gasteiger partial charge in [-0.2, -0.15) is 0 Å². The summed E-state index contributed by atoms with van der Waals surface area (Å²) in [7, 11) is 0. The maximum absolute atomic E-state index is 12.8. The van der Waals surface area contributed by atoms with E-state index in [1.165, 1.54) is 4.68 Å². The summed E-state index contributed by atoms with van der Waals surface area (Å²) in [6.07, 6.45) is 9.47. The van der Waals surface area contributed by atoms with Crippen LogP contribution in [-0.2, 0) is 11.3 Å². The first-order chi connectivity index (χ1) is 15.2. The van der Waals surface area contributed by atoms with E-state index in [9.17, 15) is 9.59 Å². The first kappa shape index (κ1) is 22.2. The van der Waals surface area contributed by atoms with Crippen LogP contribution in [0, 0.1) is 0 Å². The number of aromatic amines is 1. The highest BCUT2D eigenvalue weighted by Gasteiger charge is 2.11. The molecule has 3 aromatic heterocycles. The molecular weight excluding hydrogens is 396 g/mol. The molecule has 9 heteroatoms. The highest BCUT2D eigenvalue weighted by molar-refractivity contribution is 5.73. The Morgan fingerprint density at radius 3 is 2.87 bits per heavy atom. The van der Waals surface area contributed by atoms with Crippen LogP contribution in [0.2, 0.25) is 0 Å². The van der Waals surface area contributed by atoms with E-state index in [0.29, 0.717) is 31.1 Å². The van der Waals surface area contributed by atoms with Gasteiger partial charge in [0.05, 0.1) is 5.56 Å². The highest BCUT2D eigenvalue weighted by Crippen LogP contribution is 2.13. The lowest BCUT2D eigenvalue weighted by molar-refractivity contribution is 0.129. The molecule has 9 nitrogen and oxygen atoms in total. The predicted octanol–water partition coefficient (Wildman–Crippen LogP) is 2.63. The average molecular weight is 425 g/mol. The number of aromatic nitrogens is 4. The smallest absolute Gasteiger partial charge is 0.315 e. The number of pyridine rings is 2. The Hall–Kier alpha value is -3.46. The van der Waals surface area contributed by atoms with Crippen molar-refractivity contribution in [3.8, 4) is 16.9 Å². The van der Waals surface area contributed by atoms with Crippen LogP contribution in [-0.4, -0.2) is 45.5 Å². The monoisotopic (exact) mass is 424 g/mol. The second kappa shape index (κ2) is 11.7. The third-order valence-corrected chi connectivity index (χ3v) is 4.63. The van der Waals surface area contributed by atoms with Crippen LogP contribution in [0.4, 0.5) is 4.79 Å². The lowest BCUT2D eigenvalue weighted by Crippen LogP contribution is -2.35. The zero-order valence-corrected chi connectivity index (χ0v) is 17.6. The molecule has 0 spiro atoms. The number of rotatable bonds is 11. The number of H-pyrrole nitrogens is 1. The molecule has 0 atom stereocenters. The number of hydrogen-bond donors (Lipinski definition) is 3. The van der Waals surface area contributed by atoms with Crippen LogP contribution in [0.15, 0.2) is 53.8 Å². The van der Waals surface area contributed by atoms with Crippen LogP contribution in [0.25, 0.3) is 16.9 Å². The molecule has 0 bridgehead atoms. The fourth-order valence-electron chi connectivity index (χ4n) is 2.93. The minimum atomic E-state index is -0.247. The molecule has 3 aromatic rings. The van der Waals surface area contributed by atoms with Gasteiger partial charge < -0.3 is 15.4 Å². The van der Waals surface area contributed by atoms with E-state index in [2.05, 4.69) is 32.6 Å². The van der Waals surface area contributed by atoms with Gasteiger partial charge in [-0.15, -0.1) is 0 Å². The predicted molar refractivity (Wildman–Crippen MR) is 118 cm³/mol. The maximum atomic E-state index is 12.8. The van der Waals surface area contributed by atoms with Crippen molar-refractivity contribution in [1.29, 1.82) is 0 Å². The van der Waals surface area contributed by atoms with Gasteiger partial charge in [-0.05, 0) is 36.6 Å². The lowest BCUT2D eigenvalue weighted by Gasteiger charge is -2.09. The summed E-state index contributed by atoms with van der Waals surface area (Å²) in [4.78, 5) is 33.0. The molecule has 31 heavy (non-hydrogen) atoms. The molecule has 0 saturated carbocycles. The number of ether oxygens (including phenoxy) is 1. The van der Waals surface area contributed by atoms with Crippen molar-refractivity contribution in [3.05, 3.63) is 65.0 Å². The fourth-order valence-corrected chi connectivity index (χ4v) is 2.93. The quantitative estimate of drug-likeness (QED) is 0.410. The van der Waals surface area contributed by atoms with Crippen molar-refractivity contribution >= 4 is 6.03 Å². The van der Waals surface area contributed by atoms with Crippen LogP contribution in [0.5, 0.6) is 0 Å². The number of carbonyl (C=O) groups is 1. The van der Waals surface area contributed by atoms with Gasteiger partial charge in [0.2, 0.25) is 0 Å². The Bertz CT molecular complexity index is 1020. The van der Waals surface area contributed by atoms with E-state index in [0.717, 1.165) is 37.0 Å². The molecule has 3 N–H and O–H groups in total. The Morgan fingerprint density at radius 1 is 1.19 bits per heavy atom. The Kier molecular flexibility index (Phi) is 8.36. The number of unbranched alkanes of at least 4 members (excludes halogenated alkanes) is 1. The van der Waals surface area contributed by atoms with Gasteiger partial charge in [0.25, 0.3) is 5.56 Å². The van der Waals surface area contributed by atoms with Gasteiger partial charge in [-0.25, -0.2) is 14.5 Å². The molecule has 0 unspecified atom stereocenters. The average Bonchev–Trinajstić information content (AvgIpc) is 3.19. The maximum Gasteiger partial charge on any atom is 0.315 e. The largest absolute Gasteiger partial charge is 0.381 e. The zero-order valence-electron chi connectivity index (χ0n) is 17.6. The van der Waals surface area contributed by atoms with Crippen molar-refractivity contribution in [2.24, 2.45) is 0 Å². The molecule has 0 aliphatic heterocycles. The van der Waals surface area contributed by atoms with Crippen molar-refractivity contribution in [2.45, 2.75) is 32.7 Å². The summed E-state index contributed by atoms with van der Waals surface area (Å²) in [5.41, 5.74) is 1.85. The number of amides is 2. The topological polar surface area (TPSA) is 114 Å². The molecule has 3 heterocycles. The molecule has 0 saturated heterocycles. The van der Waals surface area contributed by atoms with E-state index in [1.807, 2.05) is 6.07 Å². The zero-order chi connectivity index (χ0) is 21.9. The normalized spacial score (nSPS) is 10.7. The molecular formula is C22H28N6O3. The molecule has 0 radical (unpaired) electrons. The molecule has 164 valence electrons. The van der Waals surface area contributed by atoms with Gasteiger partial charge in [0, 0.05) is 56.7 Å². The van der Waals surface area contributed by atoms with Crippen LogP contribution < -0.4 is 16.2 Å².